The van der Waals surface area contributed by atoms with E-state index in [9.17, 15) is 0 Å². The summed E-state index contributed by atoms with van der Waals surface area (Å²) in [5.41, 5.74) is 11.4. The Hall–Kier alpha value is -1.06. The van der Waals surface area contributed by atoms with Crippen LogP contribution in [-0.4, -0.2) is 6.67 Å². The minimum Gasteiger partial charge on any atom is -0.319 e. The normalized spacial score (nSPS) is 9.41. The fourth-order valence-corrected chi connectivity index (χ4v) is 1.72. The molecule has 0 heterocycles. The van der Waals surface area contributed by atoms with Gasteiger partial charge in [-0.1, -0.05) is 47.5 Å². The molecule has 0 aromatic heterocycles. The van der Waals surface area contributed by atoms with Gasteiger partial charge in [0.15, 0.2) is 0 Å². The molecule has 0 radical (unpaired) electrons. The summed E-state index contributed by atoms with van der Waals surface area (Å²) < 4.78 is 0. The molecule has 2 aromatic rings. The molecule has 0 aliphatic heterocycles. The highest BCUT2D eigenvalue weighted by Crippen LogP contribution is 2.24. The number of rotatable bonds is 1. The molecular formula is C13H14Cl2N2. The number of benzene rings is 2. The first-order valence-electron chi connectivity index (χ1n) is 5.09. The van der Waals surface area contributed by atoms with E-state index in [0.717, 1.165) is 21.2 Å². The van der Waals surface area contributed by atoms with Gasteiger partial charge in [0.1, 0.15) is 0 Å². The summed E-state index contributed by atoms with van der Waals surface area (Å²) in [5, 5.41) is 1.48. The van der Waals surface area contributed by atoms with E-state index < -0.39 is 0 Å². The lowest BCUT2D eigenvalue weighted by atomic mass is 10.1. The van der Waals surface area contributed by atoms with E-state index in [2.05, 4.69) is 11.5 Å². The van der Waals surface area contributed by atoms with Crippen LogP contribution in [0.15, 0.2) is 48.5 Å². The minimum atomic E-state index is 0.250. The van der Waals surface area contributed by atoms with Gasteiger partial charge in [0.25, 0.3) is 0 Å². The van der Waals surface area contributed by atoms with Crippen LogP contribution in [0.25, 0.3) is 11.1 Å². The molecule has 0 bridgehead atoms. The molecule has 2 rings (SSSR count). The quantitative estimate of drug-likeness (QED) is 0.778. The van der Waals surface area contributed by atoms with Crippen molar-refractivity contribution in [2.24, 2.45) is 11.5 Å². The highest BCUT2D eigenvalue weighted by Gasteiger charge is 1.98. The van der Waals surface area contributed by atoms with Crippen LogP contribution in [0.2, 0.25) is 10.0 Å². The number of hydrogen-bond acceptors (Lipinski definition) is 2. The smallest absolute Gasteiger partial charge is 0.0412 e. The topological polar surface area (TPSA) is 52.0 Å². The van der Waals surface area contributed by atoms with E-state index in [1.165, 1.54) is 0 Å². The molecule has 17 heavy (non-hydrogen) atoms. The summed E-state index contributed by atoms with van der Waals surface area (Å²) in [6.07, 6.45) is 0. The van der Waals surface area contributed by atoms with Crippen molar-refractivity contribution in [3.63, 3.8) is 0 Å². The summed E-state index contributed by atoms with van der Waals surface area (Å²) in [5.74, 6) is 0. The molecule has 2 aromatic carbocycles. The zero-order chi connectivity index (χ0) is 12.7. The van der Waals surface area contributed by atoms with Crippen LogP contribution in [0.4, 0.5) is 0 Å². The van der Waals surface area contributed by atoms with Crippen molar-refractivity contribution in [1.29, 1.82) is 0 Å². The average Bonchev–Trinajstić information content (AvgIpc) is 2.30. The highest BCUT2D eigenvalue weighted by molar-refractivity contribution is 6.31. The Kier molecular flexibility index (Phi) is 6.01. The highest BCUT2D eigenvalue weighted by atomic mass is 35.5. The fraction of sp³-hybridized carbons (Fsp3) is 0.0769. The van der Waals surface area contributed by atoms with Gasteiger partial charge in [-0.2, -0.15) is 0 Å². The second-order valence-corrected chi connectivity index (χ2v) is 4.13. The third kappa shape index (κ3) is 4.75. The molecule has 0 fully saturated rings. The van der Waals surface area contributed by atoms with Crippen LogP contribution >= 0.6 is 23.2 Å². The van der Waals surface area contributed by atoms with Crippen LogP contribution in [0, 0.1) is 0 Å². The van der Waals surface area contributed by atoms with Gasteiger partial charge in [0.05, 0.1) is 0 Å². The summed E-state index contributed by atoms with van der Waals surface area (Å²) in [6.45, 7) is 0.250. The maximum Gasteiger partial charge on any atom is 0.0412 e. The van der Waals surface area contributed by atoms with Crippen molar-refractivity contribution in [2.75, 3.05) is 6.67 Å². The second-order valence-electron chi connectivity index (χ2n) is 3.26. The molecular weight excluding hydrogens is 255 g/mol. The van der Waals surface area contributed by atoms with Crippen molar-refractivity contribution in [3.8, 4) is 11.1 Å². The summed E-state index contributed by atoms with van der Waals surface area (Å²) in [7, 11) is 0. The standard InChI is InChI=1S/C12H8Cl2.CH6N2/c13-11-5-1-3-9(7-11)10-4-2-6-12(14)8-10;2-1-3/h1-8H;1-3H2. The predicted octanol–water partition coefficient (Wildman–Crippen LogP) is 3.52. The Morgan fingerprint density at radius 2 is 1.12 bits per heavy atom. The summed E-state index contributed by atoms with van der Waals surface area (Å²) in [4.78, 5) is 0. The number of halogens is 2. The molecule has 0 atom stereocenters. The first-order chi connectivity index (χ1) is 8.17. The van der Waals surface area contributed by atoms with E-state index >= 15 is 0 Å². The van der Waals surface area contributed by atoms with Gasteiger partial charge < -0.3 is 11.5 Å². The lowest BCUT2D eigenvalue weighted by Gasteiger charge is -2.02. The van der Waals surface area contributed by atoms with E-state index in [1.54, 1.807) is 0 Å². The summed E-state index contributed by atoms with van der Waals surface area (Å²) >= 11 is 11.8. The van der Waals surface area contributed by atoms with Crippen molar-refractivity contribution in [3.05, 3.63) is 58.6 Å². The van der Waals surface area contributed by atoms with E-state index in [4.69, 9.17) is 23.2 Å². The Morgan fingerprint density at radius 3 is 1.41 bits per heavy atom. The van der Waals surface area contributed by atoms with Crippen molar-refractivity contribution >= 4 is 23.2 Å². The Morgan fingerprint density at radius 1 is 0.765 bits per heavy atom. The van der Waals surface area contributed by atoms with Crippen LogP contribution in [0.5, 0.6) is 0 Å². The third-order valence-corrected chi connectivity index (χ3v) is 2.45. The first-order valence-corrected chi connectivity index (χ1v) is 5.84. The zero-order valence-electron chi connectivity index (χ0n) is 9.24. The van der Waals surface area contributed by atoms with Crippen molar-refractivity contribution in [2.45, 2.75) is 0 Å². The van der Waals surface area contributed by atoms with Crippen LogP contribution in [-0.2, 0) is 0 Å². The molecule has 0 spiro atoms. The zero-order valence-corrected chi connectivity index (χ0v) is 10.7. The second kappa shape index (κ2) is 7.30. The van der Waals surface area contributed by atoms with Crippen LogP contribution < -0.4 is 11.5 Å². The van der Waals surface area contributed by atoms with E-state index in [1.807, 2.05) is 48.5 Å². The lowest BCUT2D eigenvalue weighted by molar-refractivity contribution is 1.07. The monoisotopic (exact) mass is 268 g/mol. The largest absolute Gasteiger partial charge is 0.319 e. The molecule has 0 saturated carbocycles. The van der Waals surface area contributed by atoms with Gasteiger partial charge in [0.2, 0.25) is 0 Å². The number of nitrogens with two attached hydrogens (primary N) is 2. The molecule has 4 N–H and O–H groups in total. The van der Waals surface area contributed by atoms with Crippen LogP contribution in [0.1, 0.15) is 0 Å². The third-order valence-electron chi connectivity index (χ3n) is 1.98. The van der Waals surface area contributed by atoms with E-state index in [-0.39, 0.29) is 6.67 Å². The van der Waals surface area contributed by atoms with Crippen molar-refractivity contribution in [1.82, 2.24) is 0 Å². The predicted molar refractivity (Wildman–Crippen MR) is 75.1 cm³/mol. The molecule has 90 valence electrons. The average molecular weight is 269 g/mol. The Balaban J connectivity index is 0.000000437. The summed E-state index contributed by atoms with van der Waals surface area (Å²) in [6, 6.07) is 15.4. The SMILES string of the molecule is Clc1cccc(-c2cccc(Cl)c2)c1.NCN. The maximum absolute atomic E-state index is 5.90. The molecule has 0 aliphatic rings. The van der Waals surface area contributed by atoms with Gasteiger partial charge in [-0.15, -0.1) is 0 Å². The van der Waals surface area contributed by atoms with Crippen molar-refractivity contribution < 1.29 is 0 Å². The Labute approximate surface area is 111 Å². The molecule has 0 amide bonds. The lowest BCUT2D eigenvalue weighted by Crippen LogP contribution is -2.08. The molecule has 0 aliphatic carbocycles. The molecule has 0 saturated heterocycles. The fourth-order valence-electron chi connectivity index (χ4n) is 1.34. The van der Waals surface area contributed by atoms with Gasteiger partial charge in [-0.3, -0.25) is 0 Å². The minimum absolute atomic E-state index is 0.250. The maximum atomic E-state index is 5.90. The van der Waals surface area contributed by atoms with Gasteiger partial charge >= 0.3 is 0 Å². The van der Waals surface area contributed by atoms with Gasteiger partial charge in [-0.25, -0.2) is 0 Å². The molecule has 2 nitrogen and oxygen atoms in total. The Bertz CT molecular complexity index is 429. The van der Waals surface area contributed by atoms with Crippen LogP contribution in [0.3, 0.4) is 0 Å². The van der Waals surface area contributed by atoms with Gasteiger partial charge in [0, 0.05) is 16.7 Å². The number of hydrogen-bond donors (Lipinski definition) is 2. The van der Waals surface area contributed by atoms with E-state index in [0.29, 0.717) is 0 Å². The van der Waals surface area contributed by atoms with Gasteiger partial charge in [-0.05, 0) is 35.4 Å². The molecule has 4 heteroatoms. The molecule has 0 unspecified atom stereocenters. The first kappa shape index (κ1) is 14.0.